The van der Waals surface area contributed by atoms with Crippen molar-refractivity contribution < 1.29 is 18.9 Å². The van der Waals surface area contributed by atoms with Gasteiger partial charge in [0.1, 0.15) is 17.1 Å². The number of piperazine rings is 1. The van der Waals surface area contributed by atoms with Gasteiger partial charge in [-0.2, -0.15) is 4.98 Å². The predicted molar refractivity (Wildman–Crippen MR) is 152 cm³/mol. The Morgan fingerprint density at radius 1 is 1.18 bits per heavy atom. The van der Waals surface area contributed by atoms with Crippen LogP contribution in [0.1, 0.15) is 61.6 Å². The summed E-state index contributed by atoms with van der Waals surface area (Å²) in [5.41, 5.74) is -0.790. The molecule has 2 N–H and O–H groups in total. The molecule has 0 unspecified atom stereocenters. The number of hydrogen-bond donors (Lipinski definition) is 2. The number of anilines is 2. The summed E-state index contributed by atoms with van der Waals surface area (Å²) in [6, 6.07) is 6.11. The molecule has 0 aliphatic carbocycles. The van der Waals surface area contributed by atoms with Crippen molar-refractivity contribution in [1.82, 2.24) is 19.9 Å². The lowest BCUT2D eigenvalue weighted by Gasteiger charge is -2.45. The Morgan fingerprint density at radius 3 is 2.54 bits per heavy atom. The molecule has 208 valence electrons. The topological polar surface area (TPSA) is 121 Å². The minimum absolute atomic E-state index is 0.163. The SMILES string of the molecule is Cc1noc(CN2CCN(C(=O)c3cc(C(C)(C)C)sc3NC(=O)Nc3cccc(Cl)c3Cl)C(C)(C)C2=O)n1. The highest BCUT2D eigenvalue weighted by molar-refractivity contribution is 7.16. The fraction of sp³-hybridized carbons (Fsp3) is 0.423. The minimum Gasteiger partial charge on any atom is -0.337 e. The zero-order chi connectivity index (χ0) is 28.7. The van der Waals surface area contributed by atoms with Gasteiger partial charge in [-0.05, 0) is 44.4 Å². The molecule has 1 aromatic carbocycles. The lowest BCUT2D eigenvalue weighted by Crippen LogP contribution is -2.64. The highest BCUT2D eigenvalue weighted by Gasteiger charge is 2.45. The second kappa shape index (κ2) is 10.8. The van der Waals surface area contributed by atoms with E-state index < -0.39 is 11.6 Å². The Balaban J connectivity index is 1.58. The van der Waals surface area contributed by atoms with E-state index in [1.807, 2.05) is 20.8 Å². The number of amides is 4. The van der Waals surface area contributed by atoms with Crippen LogP contribution >= 0.6 is 34.5 Å². The van der Waals surface area contributed by atoms with Crippen molar-refractivity contribution >= 4 is 63.1 Å². The quantitative estimate of drug-likeness (QED) is 0.377. The highest BCUT2D eigenvalue weighted by Crippen LogP contribution is 2.38. The molecule has 39 heavy (non-hydrogen) atoms. The number of nitrogens with one attached hydrogen (secondary N) is 2. The molecule has 0 saturated carbocycles. The number of carbonyl (C=O) groups is 3. The lowest BCUT2D eigenvalue weighted by molar-refractivity contribution is -0.147. The molecule has 1 fully saturated rings. The van der Waals surface area contributed by atoms with Gasteiger partial charge in [0.25, 0.3) is 5.91 Å². The third kappa shape index (κ3) is 6.05. The zero-order valence-electron chi connectivity index (χ0n) is 22.5. The molecular weight excluding hydrogens is 563 g/mol. The van der Waals surface area contributed by atoms with Crippen LogP contribution in [0.2, 0.25) is 10.0 Å². The molecule has 1 saturated heterocycles. The van der Waals surface area contributed by atoms with E-state index in [9.17, 15) is 14.4 Å². The Labute approximate surface area is 240 Å². The monoisotopic (exact) mass is 592 g/mol. The second-order valence-corrected chi connectivity index (χ2v) is 12.6. The fourth-order valence-electron chi connectivity index (χ4n) is 4.19. The summed E-state index contributed by atoms with van der Waals surface area (Å²) in [6.07, 6.45) is 0. The average Bonchev–Trinajstić information content (AvgIpc) is 3.45. The predicted octanol–water partition coefficient (Wildman–Crippen LogP) is 5.95. The molecule has 0 atom stereocenters. The first-order valence-corrected chi connectivity index (χ1v) is 13.8. The molecule has 0 bridgehead atoms. The van der Waals surface area contributed by atoms with Crippen LogP contribution in [-0.4, -0.2) is 56.4 Å². The van der Waals surface area contributed by atoms with E-state index in [0.717, 1.165) is 4.88 Å². The van der Waals surface area contributed by atoms with E-state index in [-0.39, 0.29) is 35.3 Å². The lowest BCUT2D eigenvalue weighted by atomic mass is 9.93. The molecule has 0 spiro atoms. The van der Waals surface area contributed by atoms with Gasteiger partial charge >= 0.3 is 6.03 Å². The standard InChI is InChI=1S/C26H30Cl2N6O4S/c1-14-29-19(38-32-14)13-33-10-11-34(26(5,6)23(33)36)22(35)15-12-18(25(2,3)4)39-21(15)31-24(37)30-17-9-7-8-16(27)20(17)28/h7-9,12H,10-11,13H2,1-6H3,(H2,30,31,37). The molecule has 13 heteroatoms. The van der Waals surface area contributed by atoms with E-state index in [1.54, 1.807) is 49.9 Å². The van der Waals surface area contributed by atoms with Crippen LogP contribution in [0.25, 0.3) is 0 Å². The van der Waals surface area contributed by atoms with Gasteiger partial charge in [0.15, 0.2) is 5.82 Å². The van der Waals surface area contributed by atoms with Crippen LogP contribution in [-0.2, 0) is 16.8 Å². The first-order chi connectivity index (χ1) is 18.2. The molecular formula is C26H30Cl2N6O4S. The summed E-state index contributed by atoms with van der Waals surface area (Å²) in [4.78, 5) is 48.5. The molecule has 1 aliphatic heterocycles. The van der Waals surface area contributed by atoms with Crippen molar-refractivity contribution in [2.45, 2.75) is 59.0 Å². The summed E-state index contributed by atoms with van der Waals surface area (Å²) >= 11 is 13.6. The van der Waals surface area contributed by atoms with Crippen molar-refractivity contribution in [3.05, 3.63) is 56.5 Å². The Hall–Kier alpha value is -3.15. The molecule has 10 nitrogen and oxygen atoms in total. The maximum absolute atomic E-state index is 13.9. The van der Waals surface area contributed by atoms with Crippen LogP contribution in [0.3, 0.4) is 0 Å². The fourth-order valence-corrected chi connectivity index (χ4v) is 5.64. The summed E-state index contributed by atoms with van der Waals surface area (Å²) in [6.45, 7) is 11.9. The van der Waals surface area contributed by atoms with Crippen LogP contribution in [0.4, 0.5) is 15.5 Å². The number of urea groups is 1. The summed E-state index contributed by atoms with van der Waals surface area (Å²) in [5, 5.41) is 10.1. The molecule has 4 rings (SSSR count). The van der Waals surface area contributed by atoms with Crippen molar-refractivity contribution in [2.24, 2.45) is 0 Å². The molecule has 3 heterocycles. The number of carbonyl (C=O) groups excluding carboxylic acids is 3. The van der Waals surface area contributed by atoms with Gasteiger partial charge < -0.3 is 19.6 Å². The van der Waals surface area contributed by atoms with Crippen LogP contribution < -0.4 is 10.6 Å². The molecule has 0 radical (unpaired) electrons. The first-order valence-electron chi connectivity index (χ1n) is 12.3. The van der Waals surface area contributed by atoms with Crippen molar-refractivity contribution in [1.29, 1.82) is 0 Å². The largest absolute Gasteiger partial charge is 0.337 e. The maximum atomic E-state index is 13.9. The van der Waals surface area contributed by atoms with Crippen molar-refractivity contribution in [3.63, 3.8) is 0 Å². The molecule has 4 amide bonds. The van der Waals surface area contributed by atoms with E-state index in [0.29, 0.717) is 39.5 Å². The summed E-state index contributed by atoms with van der Waals surface area (Å²) in [5.74, 6) is 0.220. The Kier molecular flexibility index (Phi) is 7.98. The van der Waals surface area contributed by atoms with Crippen molar-refractivity contribution in [3.8, 4) is 0 Å². The van der Waals surface area contributed by atoms with Gasteiger partial charge in [-0.25, -0.2) is 4.79 Å². The number of benzene rings is 1. The third-order valence-corrected chi connectivity index (χ3v) is 8.64. The zero-order valence-corrected chi connectivity index (χ0v) is 24.8. The number of nitrogens with zero attached hydrogens (tertiary/aromatic N) is 4. The number of aromatic nitrogens is 2. The van der Waals surface area contributed by atoms with E-state index in [2.05, 4.69) is 20.8 Å². The average molecular weight is 594 g/mol. The van der Waals surface area contributed by atoms with Gasteiger partial charge in [0.05, 0.1) is 21.3 Å². The van der Waals surface area contributed by atoms with Gasteiger partial charge in [-0.1, -0.05) is 55.2 Å². The van der Waals surface area contributed by atoms with Gasteiger partial charge in [0.2, 0.25) is 11.8 Å². The maximum Gasteiger partial charge on any atom is 0.324 e. The number of rotatable bonds is 5. The molecule has 2 aromatic heterocycles. The normalized spacial score (nSPS) is 15.4. The smallest absolute Gasteiger partial charge is 0.324 e. The third-order valence-electron chi connectivity index (χ3n) is 6.35. The minimum atomic E-state index is -1.15. The van der Waals surface area contributed by atoms with E-state index >= 15 is 0 Å². The summed E-state index contributed by atoms with van der Waals surface area (Å²) < 4.78 is 5.17. The van der Waals surface area contributed by atoms with Crippen LogP contribution in [0.15, 0.2) is 28.8 Å². The highest BCUT2D eigenvalue weighted by atomic mass is 35.5. The van der Waals surface area contributed by atoms with E-state index in [4.69, 9.17) is 27.7 Å². The molecule has 1 aliphatic rings. The van der Waals surface area contributed by atoms with Crippen LogP contribution in [0.5, 0.6) is 0 Å². The Bertz CT molecular complexity index is 1430. The number of aryl methyl sites for hydroxylation is 1. The number of halogens is 2. The number of thiophene rings is 1. The van der Waals surface area contributed by atoms with Crippen LogP contribution in [0, 0.1) is 6.92 Å². The summed E-state index contributed by atoms with van der Waals surface area (Å²) in [7, 11) is 0. The number of hydrogen-bond acceptors (Lipinski definition) is 7. The Morgan fingerprint density at radius 2 is 1.90 bits per heavy atom. The van der Waals surface area contributed by atoms with Gasteiger partial charge in [-0.15, -0.1) is 11.3 Å². The van der Waals surface area contributed by atoms with Crippen molar-refractivity contribution in [2.75, 3.05) is 23.7 Å². The van der Waals surface area contributed by atoms with E-state index in [1.165, 1.54) is 16.2 Å². The second-order valence-electron chi connectivity index (χ2n) is 10.8. The first kappa shape index (κ1) is 28.8. The molecule has 3 aromatic rings. The van der Waals surface area contributed by atoms with Gasteiger partial charge in [-0.3, -0.25) is 14.9 Å². The van der Waals surface area contributed by atoms with Gasteiger partial charge in [0, 0.05) is 18.0 Å².